The van der Waals surface area contributed by atoms with Gasteiger partial charge in [-0.3, -0.25) is 19.8 Å². The number of benzene rings is 1. The first-order valence-corrected chi connectivity index (χ1v) is 14.1. The summed E-state index contributed by atoms with van der Waals surface area (Å²) in [6.07, 6.45) is 6.25. The number of imidazole rings is 1. The van der Waals surface area contributed by atoms with Gasteiger partial charge in [0.1, 0.15) is 6.61 Å². The zero-order valence-electron chi connectivity index (χ0n) is 23.3. The Morgan fingerprint density at radius 2 is 2.10 bits per heavy atom. The van der Waals surface area contributed by atoms with E-state index in [2.05, 4.69) is 31.3 Å². The monoisotopic (exact) mass is 558 g/mol. The normalized spacial score (nSPS) is 23.6. The van der Waals surface area contributed by atoms with Crippen LogP contribution in [0.4, 0.5) is 11.6 Å². The van der Waals surface area contributed by atoms with E-state index in [-0.39, 0.29) is 23.6 Å². The van der Waals surface area contributed by atoms with E-state index in [0.29, 0.717) is 47.6 Å². The lowest BCUT2D eigenvalue weighted by Crippen LogP contribution is -2.50. The van der Waals surface area contributed by atoms with E-state index in [0.717, 1.165) is 55.6 Å². The van der Waals surface area contributed by atoms with Crippen LogP contribution in [0, 0.1) is 5.92 Å². The Kier molecular flexibility index (Phi) is 6.12. The van der Waals surface area contributed by atoms with Gasteiger partial charge in [-0.2, -0.15) is 5.10 Å². The molecule has 1 saturated heterocycles. The largest absolute Gasteiger partial charge is 0.476 e. The molecule has 1 aromatic carbocycles. The molecule has 12 heteroatoms. The van der Waals surface area contributed by atoms with Gasteiger partial charge in [-0.1, -0.05) is 0 Å². The Morgan fingerprint density at radius 3 is 2.95 bits per heavy atom. The van der Waals surface area contributed by atoms with Gasteiger partial charge in [-0.25, -0.2) is 9.67 Å². The summed E-state index contributed by atoms with van der Waals surface area (Å²) in [6.45, 7) is 3.43. The molecular weight excluding hydrogens is 524 g/mol. The summed E-state index contributed by atoms with van der Waals surface area (Å²) in [7, 11) is 3.43. The molecule has 5 heterocycles. The molecular formula is C29H34N8O4. The maximum Gasteiger partial charge on any atom is 0.259 e. The van der Waals surface area contributed by atoms with Crippen molar-refractivity contribution in [3.05, 3.63) is 52.6 Å². The highest BCUT2D eigenvalue weighted by molar-refractivity contribution is 6.04. The fourth-order valence-corrected chi connectivity index (χ4v) is 7.01. The molecule has 41 heavy (non-hydrogen) atoms. The second-order valence-electron chi connectivity index (χ2n) is 11.5. The zero-order valence-corrected chi connectivity index (χ0v) is 23.3. The van der Waals surface area contributed by atoms with Gasteiger partial charge in [0.05, 0.1) is 46.1 Å². The number of nitrogens with one attached hydrogen (secondary N) is 2. The third-order valence-corrected chi connectivity index (χ3v) is 8.78. The molecule has 3 aromatic heterocycles. The Morgan fingerprint density at radius 1 is 1.22 bits per heavy atom. The molecule has 0 radical (unpaired) electrons. The molecule has 12 nitrogen and oxygen atoms in total. The lowest BCUT2D eigenvalue weighted by molar-refractivity contribution is 0.0902. The highest BCUT2D eigenvalue weighted by Gasteiger charge is 2.48. The van der Waals surface area contributed by atoms with Crippen molar-refractivity contribution in [3.8, 4) is 17.0 Å². The van der Waals surface area contributed by atoms with E-state index >= 15 is 0 Å². The summed E-state index contributed by atoms with van der Waals surface area (Å²) in [5.41, 5.74) is 3.37. The number of aliphatic hydroxyl groups excluding tert-OH is 1. The van der Waals surface area contributed by atoms with Crippen molar-refractivity contribution in [3.63, 3.8) is 0 Å². The average molecular weight is 559 g/mol. The van der Waals surface area contributed by atoms with Gasteiger partial charge in [0.2, 0.25) is 11.8 Å². The lowest BCUT2D eigenvalue weighted by Gasteiger charge is -2.42. The first-order chi connectivity index (χ1) is 19.8. The van der Waals surface area contributed by atoms with Crippen molar-refractivity contribution < 1.29 is 14.6 Å². The summed E-state index contributed by atoms with van der Waals surface area (Å²) >= 11 is 0. The molecule has 214 valence electrons. The molecule has 3 aliphatic rings. The van der Waals surface area contributed by atoms with Crippen LogP contribution in [-0.2, 0) is 19.6 Å². The summed E-state index contributed by atoms with van der Waals surface area (Å²) in [4.78, 5) is 34.4. The molecule has 3 unspecified atom stereocenters. The first kappa shape index (κ1) is 25.8. The van der Waals surface area contributed by atoms with E-state index in [9.17, 15) is 14.7 Å². The minimum atomic E-state index is -0.350. The SMILES string of the molecule is Cn1ncc2c1OCCN1CC3CCC(C3)(C1)n1c(nc3ccc(NCCO)cc31)NC(=O)c1cc-2c(=O)n(C)c1. The van der Waals surface area contributed by atoms with Crippen LogP contribution in [0.15, 0.2) is 41.5 Å². The molecule has 7 rings (SSSR count). The van der Waals surface area contributed by atoms with Gasteiger partial charge in [-0.05, 0) is 49.4 Å². The maximum absolute atomic E-state index is 13.8. The molecule has 1 spiro atoms. The number of hydrogen-bond acceptors (Lipinski definition) is 8. The van der Waals surface area contributed by atoms with E-state index in [1.165, 1.54) is 4.57 Å². The summed E-state index contributed by atoms with van der Waals surface area (Å²) < 4.78 is 11.6. The molecule has 1 amide bonds. The highest BCUT2D eigenvalue weighted by Crippen LogP contribution is 2.48. The fourth-order valence-electron chi connectivity index (χ4n) is 7.01. The van der Waals surface area contributed by atoms with Gasteiger partial charge in [0, 0.05) is 52.2 Å². The van der Waals surface area contributed by atoms with Crippen LogP contribution >= 0.6 is 0 Å². The number of amides is 1. The number of carbonyl (C=O) groups is 1. The standard InChI is InChI=1S/C29H34N8O4/c1-34-16-19-11-21(26(34)40)22-14-31-35(2)27(22)41-10-8-36-15-18-5-6-29(13-18,17-36)37-24-12-20(30-7-9-38)3-4-23(24)32-28(37)33-25(19)39/h3-4,11-12,14,16,18,30,38H,5-10,13,15,17H2,1-2H3,(H,32,33,39). The zero-order chi connectivity index (χ0) is 28.3. The number of aryl methyl sites for hydroxylation is 2. The van der Waals surface area contributed by atoms with Crippen molar-refractivity contribution in [2.75, 3.05) is 50.0 Å². The van der Waals surface area contributed by atoms with E-state index in [1.54, 1.807) is 37.2 Å². The van der Waals surface area contributed by atoms with E-state index in [4.69, 9.17) is 9.72 Å². The summed E-state index contributed by atoms with van der Waals surface area (Å²) in [5.74, 6) is 1.18. The number of pyridine rings is 1. The highest BCUT2D eigenvalue weighted by atomic mass is 16.5. The van der Waals surface area contributed by atoms with Crippen LogP contribution in [0.3, 0.4) is 0 Å². The average Bonchev–Trinajstić information content (AvgIpc) is 3.60. The third-order valence-electron chi connectivity index (χ3n) is 8.78. The topological polar surface area (TPSA) is 131 Å². The molecule has 1 aliphatic carbocycles. The molecule has 3 atom stereocenters. The quantitative estimate of drug-likeness (QED) is 0.348. The van der Waals surface area contributed by atoms with Gasteiger partial charge in [0.25, 0.3) is 11.5 Å². The van der Waals surface area contributed by atoms with Gasteiger partial charge in [0.15, 0.2) is 0 Å². The number of aliphatic hydroxyl groups is 1. The Balaban J connectivity index is 1.41. The number of ether oxygens (including phenoxy) is 1. The van der Waals surface area contributed by atoms with Crippen molar-refractivity contribution in [1.82, 2.24) is 28.8 Å². The second kappa shape index (κ2) is 9.74. The maximum atomic E-state index is 13.8. The van der Waals surface area contributed by atoms with E-state index < -0.39 is 0 Å². The Labute approximate surface area is 236 Å². The van der Waals surface area contributed by atoms with E-state index in [1.807, 2.05) is 12.1 Å². The first-order valence-electron chi connectivity index (χ1n) is 14.1. The number of hydrogen-bond donors (Lipinski definition) is 3. The smallest absolute Gasteiger partial charge is 0.259 e. The molecule has 5 bridgehead atoms. The number of nitrogens with zero attached hydrogens (tertiary/aromatic N) is 6. The number of fused-ring (bicyclic) bond motifs is 9. The minimum absolute atomic E-state index is 0.0305. The molecule has 1 saturated carbocycles. The number of anilines is 2. The Bertz CT molecular complexity index is 1720. The van der Waals surface area contributed by atoms with Crippen molar-refractivity contribution >= 4 is 28.6 Å². The van der Waals surface area contributed by atoms with Crippen LogP contribution in [0.5, 0.6) is 5.88 Å². The molecule has 2 aliphatic heterocycles. The van der Waals surface area contributed by atoms with Gasteiger partial charge < -0.3 is 24.3 Å². The van der Waals surface area contributed by atoms with Crippen LogP contribution in [0.1, 0.15) is 29.6 Å². The summed E-state index contributed by atoms with van der Waals surface area (Å²) in [6, 6.07) is 7.55. The number of piperidine rings is 1. The van der Waals surface area contributed by atoms with Gasteiger partial charge >= 0.3 is 0 Å². The number of aromatic nitrogens is 5. The molecule has 2 fully saturated rings. The minimum Gasteiger partial charge on any atom is -0.476 e. The van der Waals surface area contributed by atoms with Crippen molar-refractivity contribution in [2.45, 2.75) is 24.8 Å². The van der Waals surface area contributed by atoms with Crippen LogP contribution < -0.4 is 20.9 Å². The van der Waals surface area contributed by atoms with Crippen LogP contribution in [0.2, 0.25) is 0 Å². The molecule has 3 N–H and O–H groups in total. The molecule has 4 aromatic rings. The van der Waals surface area contributed by atoms with Crippen molar-refractivity contribution in [1.29, 1.82) is 0 Å². The van der Waals surface area contributed by atoms with Crippen LogP contribution in [0.25, 0.3) is 22.2 Å². The van der Waals surface area contributed by atoms with Gasteiger partial charge in [-0.15, -0.1) is 0 Å². The second-order valence-corrected chi connectivity index (χ2v) is 11.5. The third kappa shape index (κ3) is 4.29. The van der Waals surface area contributed by atoms with Crippen LogP contribution in [-0.4, -0.2) is 79.2 Å². The lowest BCUT2D eigenvalue weighted by atomic mass is 9.90. The number of carbonyl (C=O) groups excluding carboxylic acids is 1. The predicted molar refractivity (Wildman–Crippen MR) is 154 cm³/mol. The Hall–Kier alpha value is -4.16. The predicted octanol–water partition coefficient (Wildman–Crippen LogP) is 2.00. The van der Waals surface area contributed by atoms with Crippen molar-refractivity contribution in [2.24, 2.45) is 20.0 Å². The fraction of sp³-hybridized carbons (Fsp3) is 0.448. The number of rotatable bonds is 3. The summed E-state index contributed by atoms with van der Waals surface area (Å²) in [5, 5.41) is 20.1.